The largest absolute Gasteiger partial charge is 0.504 e. The van der Waals surface area contributed by atoms with Crippen LogP contribution in [0, 0.1) is 0 Å². The van der Waals surface area contributed by atoms with Crippen molar-refractivity contribution in [3.8, 4) is 11.5 Å². The number of morpholine rings is 1. The number of nitrogens with one attached hydrogen (secondary N) is 1. The highest BCUT2D eigenvalue weighted by Gasteiger charge is 2.26. The third-order valence-corrected chi connectivity index (χ3v) is 6.88. The van der Waals surface area contributed by atoms with Crippen LogP contribution < -0.4 is 10.1 Å². The Labute approximate surface area is 192 Å². The van der Waals surface area contributed by atoms with E-state index in [1.807, 2.05) is 0 Å². The first kappa shape index (κ1) is 24.5. The molecule has 0 aromatic heterocycles. The van der Waals surface area contributed by atoms with Gasteiger partial charge in [0.1, 0.15) is 0 Å². The quantitative estimate of drug-likeness (QED) is 0.519. The number of aromatic hydroxyl groups is 1. The summed E-state index contributed by atoms with van der Waals surface area (Å²) in [6.45, 7) is 0.835. The molecule has 1 fully saturated rings. The summed E-state index contributed by atoms with van der Waals surface area (Å²) in [5.41, 5.74) is 1.10. The second-order valence-corrected chi connectivity index (χ2v) is 9.19. The Morgan fingerprint density at radius 2 is 1.82 bits per heavy atom. The van der Waals surface area contributed by atoms with Crippen molar-refractivity contribution in [2.75, 3.05) is 45.3 Å². The number of amides is 1. The number of carbonyl (C=O) groups excluding carboxylic acids is 2. The minimum atomic E-state index is -3.62. The predicted octanol–water partition coefficient (Wildman–Crippen LogP) is 1.54. The number of methoxy groups -OCH3 is 1. The number of aryl methyl sites for hydroxylation is 1. The van der Waals surface area contributed by atoms with Crippen LogP contribution in [0.15, 0.2) is 47.4 Å². The van der Waals surface area contributed by atoms with Gasteiger partial charge in [0.05, 0.1) is 25.2 Å². The maximum absolute atomic E-state index is 12.6. The fraction of sp³-hybridized carbons (Fsp3) is 0.364. The molecule has 2 N–H and O–H groups in total. The minimum absolute atomic E-state index is 0.0218. The van der Waals surface area contributed by atoms with Gasteiger partial charge in [-0.05, 0) is 48.4 Å². The first-order valence-corrected chi connectivity index (χ1v) is 11.7. The Hall–Kier alpha value is -3.15. The SMILES string of the molecule is COc1ccc(CCC(=O)OCC(=O)Nc2ccc(S(=O)(=O)N3CCOCC3)cc2)cc1O. The zero-order chi connectivity index (χ0) is 23.8. The van der Waals surface area contributed by atoms with Gasteiger partial charge in [0.25, 0.3) is 5.91 Å². The van der Waals surface area contributed by atoms with Crippen LogP contribution in [0.4, 0.5) is 5.69 Å². The highest BCUT2D eigenvalue weighted by Crippen LogP contribution is 2.26. The lowest BCUT2D eigenvalue weighted by Gasteiger charge is -2.26. The second-order valence-electron chi connectivity index (χ2n) is 7.26. The van der Waals surface area contributed by atoms with E-state index in [2.05, 4.69) is 5.32 Å². The normalized spacial score (nSPS) is 14.5. The van der Waals surface area contributed by atoms with Gasteiger partial charge in [-0.2, -0.15) is 4.31 Å². The van der Waals surface area contributed by atoms with Crippen LogP contribution in [-0.4, -0.2) is 69.7 Å². The molecule has 0 unspecified atom stereocenters. The standard InChI is InChI=1S/C22H26N2O8S/c1-30-20-8-2-16(14-19(20)25)3-9-22(27)32-15-21(26)23-17-4-6-18(7-5-17)33(28,29)24-10-12-31-13-11-24/h2,4-8,14,25H,3,9-13,15H2,1H3,(H,23,26). The number of rotatable bonds is 9. The van der Waals surface area contributed by atoms with Crippen molar-refractivity contribution in [2.45, 2.75) is 17.7 Å². The Morgan fingerprint density at radius 3 is 2.45 bits per heavy atom. The van der Waals surface area contributed by atoms with Crippen molar-refractivity contribution in [2.24, 2.45) is 0 Å². The lowest BCUT2D eigenvalue weighted by atomic mass is 10.1. The summed E-state index contributed by atoms with van der Waals surface area (Å²) in [6.07, 6.45) is 0.365. The maximum Gasteiger partial charge on any atom is 0.306 e. The van der Waals surface area contributed by atoms with Gasteiger partial charge < -0.3 is 24.6 Å². The molecule has 0 saturated carbocycles. The Morgan fingerprint density at radius 1 is 1.12 bits per heavy atom. The number of ether oxygens (including phenoxy) is 3. The molecule has 2 aromatic rings. The number of benzene rings is 2. The number of nitrogens with zero attached hydrogens (tertiary/aromatic N) is 1. The van der Waals surface area contributed by atoms with E-state index in [1.54, 1.807) is 12.1 Å². The summed E-state index contributed by atoms with van der Waals surface area (Å²) in [6, 6.07) is 10.6. The number of sulfonamides is 1. The summed E-state index contributed by atoms with van der Waals surface area (Å²) >= 11 is 0. The first-order valence-electron chi connectivity index (χ1n) is 10.3. The van der Waals surface area contributed by atoms with Crippen LogP contribution in [0.3, 0.4) is 0 Å². The highest BCUT2D eigenvalue weighted by atomic mass is 32.2. The van der Waals surface area contributed by atoms with Crippen molar-refractivity contribution < 1.29 is 37.3 Å². The molecular weight excluding hydrogens is 452 g/mol. The Balaban J connectivity index is 1.44. The van der Waals surface area contributed by atoms with Crippen LogP contribution in [-0.2, 0) is 35.5 Å². The number of phenolic OH excluding ortho intramolecular Hbond substituents is 1. The molecule has 0 radical (unpaired) electrons. The molecule has 0 aliphatic carbocycles. The zero-order valence-corrected chi connectivity index (χ0v) is 19.0. The topological polar surface area (TPSA) is 131 Å². The number of hydrogen-bond donors (Lipinski definition) is 2. The van der Waals surface area contributed by atoms with Crippen molar-refractivity contribution in [3.63, 3.8) is 0 Å². The van der Waals surface area contributed by atoms with Gasteiger partial charge in [-0.15, -0.1) is 0 Å². The van der Waals surface area contributed by atoms with Crippen LogP contribution >= 0.6 is 0 Å². The molecule has 0 bridgehead atoms. The highest BCUT2D eigenvalue weighted by molar-refractivity contribution is 7.89. The second kappa shape index (κ2) is 11.1. The fourth-order valence-electron chi connectivity index (χ4n) is 3.20. The molecule has 178 valence electrons. The molecule has 0 atom stereocenters. The molecule has 1 aliphatic heterocycles. The Bertz CT molecular complexity index is 1080. The molecule has 11 heteroatoms. The first-order chi connectivity index (χ1) is 15.8. The third kappa shape index (κ3) is 6.67. The molecule has 1 heterocycles. The zero-order valence-electron chi connectivity index (χ0n) is 18.2. The number of anilines is 1. The van der Waals surface area contributed by atoms with E-state index >= 15 is 0 Å². The van der Waals surface area contributed by atoms with E-state index in [9.17, 15) is 23.1 Å². The average Bonchev–Trinajstić information content (AvgIpc) is 2.82. The molecule has 3 rings (SSSR count). The van der Waals surface area contributed by atoms with Crippen molar-refractivity contribution in [1.29, 1.82) is 0 Å². The third-order valence-electron chi connectivity index (χ3n) is 4.97. The van der Waals surface area contributed by atoms with Gasteiger partial charge in [-0.3, -0.25) is 9.59 Å². The van der Waals surface area contributed by atoms with E-state index in [0.717, 1.165) is 5.56 Å². The van der Waals surface area contributed by atoms with E-state index in [-0.39, 0.29) is 17.1 Å². The number of hydrogen-bond acceptors (Lipinski definition) is 8. The van der Waals surface area contributed by atoms with Gasteiger partial charge in [0.15, 0.2) is 18.1 Å². The van der Waals surface area contributed by atoms with Crippen LogP contribution in [0.25, 0.3) is 0 Å². The van der Waals surface area contributed by atoms with Crippen LogP contribution in [0.1, 0.15) is 12.0 Å². The van der Waals surface area contributed by atoms with Crippen LogP contribution in [0.5, 0.6) is 11.5 Å². The number of esters is 1. The fourth-order valence-corrected chi connectivity index (χ4v) is 4.61. The smallest absolute Gasteiger partial charge is 0.306 e. The van der Waals surface area contributed by atoms with Crippen molar-refractivity contribution in [1.82, 2.24) is 4.31 Å². The summed E-state index contributed by atoms with van der Waals surface area (Å²) < 4.78 is 41.7. The van der Waals surface area contributed by atoms with E-state index in [1.165, 1.54) is 41.7 Å². The molecule has 1 aliphatic rings. The van der Waals surface area contributed by atoms with E-state index in [4.69, 9.17) is 14.2 Å². The summed E-state index contributed by atoms with van der Waals surface area (Å²) in [4.78, 5) is 24.1. The summed E-state index contributed by atoms with van der Waals surface area (Å²) in [5, 5.41) is 12.3. The van der Waals surface area contributed by atoms with Gasteiger partial charge in [0.2, 0.25) is 10.0 Å². The van der Waals surface area contributed by atoms with Gasteiger partial charge in [-0.25, -0.2) is 8.42 Å². The monoisotopic (exact) mass is 478 g/mol. The lowest BCUT2D eigenvalue weighted by molar-refractivity contribution is -0.147. The van der Waals surface area contributed by atoms with Crippen molar-refractivity contribution in [3.05, 3.63) is 48.0 Å². The molecule has 2 aromatic carbocycles. The van der Waals surface area contributed by atoms with Gasteiger partial charge >= 0.3 is 5.97 Å². The number of phenols is 1. The lowest BCUT2D eigenvalue weighted by Crippen LogP contribution is -2.40. The predicted molar refractivity (Wildman–Crippen MR) is 119 cm³/mol. The summed E-state index contributed by atoms with van der Waals surface area (Å²) in [5.74, 6) is -0.794. The average molecular weight is 479 g/mol. The molecule has 1 saturated heterocycles. The summed E-state index contributed by atoms with van der Waals surface area (Å²) in [7, 11) is -2.17. The molecule has 1 amide bonds. The Kier molecular flexibility index (Phi) is 8.26. The molecule has 10 nitrogen and oxygen atoms in total. The van der Waals surface area contributed by atoms with E-state index < -0.39 is 28.5 Å². The molecular formula is C22H26N2O8S. The maximum atomic E-state index is 12.6. The van der Waals surface area contributed by atoms with Crippen LogP contribution in [0.2, 0.25) is 0 Å². The van der Waals surface area contributed by atoms with Gasteiger partial charge in [0, 0.05) is 25.2 Å². The molecule has 33 heavy (non-hydrogen) atoms. The number of carbonyl (C=O) groups is 2. The van der Waals surface area contributed by atoms with Crippen molar-refractivity contribution >= 4 is 27.6 Å². The van der Waals surface area contributed by atoms with Gasteiger partial charge in [-0.1, -0.05) is 6.07 Å². The minimum Gasteiger partial charge on any atom is -0.504 e. The van der Waals surface area contributed by atoms with E-state index in [0.29, 0.717) is 44.2 Å². The molecule has 0 spiro atoms.